The first-order valence-corrected chi connectivity index (χ1v) is 6.78. The van der Waals surface area contributed by atoms with Crippen LogP contribution in [0.4, 0.5) is 8.78 Å². The van der Waals surface area contributed by atoms with Crippen molar-refractivity contribution in [2.75, 3.05) is 6.54 Å². The molecular formula is C15H15F2N3O. The molecule has 1 aromatic heterocycles. The summed E-state index contributed by atoms with van der Waals surface area (Å²) in [5.74, 6) is -0.103. The lowest BCUT2D eigenvalue weighted by molar-refractivity contribution is -0.133. The molecule has 0 saturated heterocycles. The van der Waals surface area contributed by atoms with Crippen LogP contribution < -0.4 is 0 Å². The lowest BCUT2D eigenvalue weighted by Crippen LogP contribution is -2.38. The summed E-state index contributed by atoms with van der Waals surface area (Å²) in [5, 5.41) is 3.81. The van der Waals surface area contributed by atoms with Gasteiger partial charge in [0.05, 0.1) is 11.8 Å². The Morgan fingerprint density at radius 3 is 2.76 bits per heavy atom. The van der Waals surface area contributed by atoms with Crippen molar-refractivity contribution in [1.82, 2.24) is 14.7 Å². The van der Waals surface area contributed by atoms with Crippen LogP contribution in [0.3, 0.4) is 0 Å². The zero-order valence-corrected chi connectivity index (χ0v) is 11.4. The molecule has 3 rings (SSSR count). The topological polar surface area (TPSA) is 38.1 Å². The first-order valence-electron chi connectivity index (χ1n) is 6.78. The molecule has 0 atom stereocenters. The first kappa shape index (κ1) is 13.7. The third-order valence-corrected chi connectivity index (χ3v) is 3.69. The molecule has 0 spiro atoms. The van der Waals surface area contributed by atoms with Gasteiger partial charge in [0, 0.05) is 19.3 Å². The van der Waals surface area contributed by atoms with Crippen molar-refractivity contribution in [1.29, 1.82) is 0 Å². The fourth-order valence-electron chi connectivity index (χ4n) is 2.53. The van der Waals surface area contributed by atoms with E-state index in [9.17, 15) is 13.6 Å². The normalized spacial score (nSPS) is 14.3. The molecule has 0 unspecified atom stereocenters. The zero-order valence-electron chi connectivity index (χ0n) is 11.4. The molecule has 0 bridgehead atoms. The Hall–Kier alpha value is -2.24. The van der Waals surface area contributed by atoms with Gasteiger partial charge < -0.3 is 4.90 Å². The second-order valence-corrected chi connectivity index (χ2v) is 5.11. The van der Waals surface area contributed by atoms with Gasteiger partial charge in [-0.2, -0.15) is 5.10 Å². The maximum absolute atomic E-state index is 12.5. The first-order chi connectivity index (χ1) is 10.1. The van der Waals surface area contributed by atoms with E-state index in [1.807, 2.05) is 18.2 Å². The number of fused-ring (bicyclic) bond motifs is 1. The molecule has 0 saturated carbocycles. The van der Waals surface area contributed by atoms with Crippen LogP contribution in [0.1, 0.15) is 23.1 Å². The molecule has 1 aliphatic heterocycles. The predicted octanol–water partition coefficient (Wildman–Crippen LogP) is 2.41. The van der Waals surface area contributed by atoms with Crippen LogP contribution in [0.5, 0.6) is 0 Å². The second kappa shape index (κ2) is 5.63. The zero-order chi connectivity index (χ0) is 14.8. The van der Waals surface area contributed by atoms with Crippen LogP contribution in [-0.2, 0) is 24.3 Å². The van der Waals surface area contributed by atoms with Gasteiger partial charge in [-0.1, -0.05) is 24.3 Å². The number of hydrogen-bond donors (Lipinski definition) is 0. The highest BCUT2D eigenvalue weighted by molar-refractivity contribution is 5.76. The van der Waals surface area contributed by atoms with E-state index in [-0.39, 0.29) is 18.0 Å². The molecule has 0 fully saturated rings. The van der Waals surface area contributed by atoms with Crippen molar-refractivity contribution < 1.29 is 13.6 Å². The number of nitrogens with zero attached hydrogens (tertiary/aromatic N) is 3. The molecule has 0 N–H and O–H groups in total. The van der Waals surface area contributed by atoms with E-state index in [0.29, 0.717) is 13.1 Å². The smallest absolute Gasteiger partial charge is 0.266 e. The number of amides is 1. The Morgan fingerprint density at radius 2 is 2.05 bits per heavy atom. The van der Waals surface area contributed by atoms with Crippen molar-refractivity contribution in [3.63, 3.8) is 0 Å². The number of carbonyl (C=O) groups excluding carboxylic acids is 1. The predicted molar refractivity (Wildman–Crippen MR) is 72.7 cm³/mol. The average molecular weight is 291 g/mol. The number of halogens is 2. The van der Waals surface area contributed by atoms with E-state index >= 15 is 0 Å². The largest absolute Gasteiger partial charge is 0.336 e. The summed E-state index contributed by atoms with van der Waals surface area (Å²) in [7, 11) is 0. The quantitative estimate of drug-likeness (QED) is 0.871. The van der Waals surface area contributed by atoms with Gasteiger partial charge in [0.15, 0.2) is 0 Å². The average Bonchev–Trinajstić information content (AvgIpc) is 2.95. The summed E-state index contributed by atoms with van der Waals surface area (Å²) in [6.07, 6.45) is 0.587. The van der Waals surface area contributed by atoms with E-state index in [2.05, 4.69) is 11.2 Å². The van der Waals surface area contributed by atoms with Gasteiger partial charge in [0.1, 0.15) is 6.54 Å². The minimum Gasteiger partial charge on any atom is -0.336 e. The number of hydrogen-bond acceptors (Lipinski definition) is 2. The number of rotatable bonds is 3. The van der Waals surface area contributed by atoms with Crippen molar-refractivity contribution in [3.05, 3.63) is 53.3 Å². The maximum Gasteiger partial charge on any atom is 0.266 e. The molecule has 2 aromatic rings. The van der Waals surface area contributed by atoms with Gasteiger partial charge in [-0.15, -0.1) is 0 Å². The highest BCUT2D eigenvalue weighted by Crippen LogP contribution is 2.19. The fraction of sp³-hybridized carbons (Fsp3) is 0.333. The Kier molecular flexibility index (Phi) is 3.68. The van der Waals surface area contributed by atoms with Gasteiger partial charge in [0.2, 0.25) is 5.91 Å². The summed E-state index contributed by atoms with van der Waals surface area (Å²) in [4.78, 5) is 14.0. The molecule has 1 aliphatic rings. The Labute approximate surface area is 121 Å². The van der Waals surface area contributed by atoms with Crippen LogP contribution in [0, 0.1) is 0 Å². The maximum atomic E-state index is 12.5. The summed E-state index contributed by atoms with van der Waals surface area (Å²) in [6.45, 7) is 1.21. The number of benzene rings is 1. The van der Waals surface area contributed by atoms with E-state index in [1.165, 1.54) is 16.4 Å². The summed E-state index contributed by atoms with van der Waals surface area (Å²) >= 11 is 0. The Balaban J connectivity index is 1.66. The van der Waals surface area contributed by atoms with Crippen molar-refractivity contribution in [2.45, 2.75) is 25.9 Å². The molecule has 21 heavy (non-hydrogen) atoms. The summed E-state index contributed by atoms with van der Waals surface area (Å²) in [5.41, 5.74) is 2.25. The lowest BCUT2D eigenvalue weighted by atomic mass is 10.00. The molecule has 110 valence electrons. The Morgan fingerprint density at radius 1 is 1.29 bits per heavy atom. The number of carbonyl (C=O) groups is 1. The monoisotopic (exact) mass is 291 g/mol. The number of alkyl halides is 2. The molecule has 0 radical (unpaired) electrons. The van der Waals surface area contributed by atoms with Crippen molar-refractivity contribution in [2.24, 2.45) is 0 Å². The molecule has 6 heteroatoms. The van der Waals surface area contributed by atoms with Crippen LogP contribution in [0.2, 0.25) is 0 Å². The fourth-order valence-corrected chi connectivity index (χ4v) is 2.53. The Bertz CT molecular complexity index is 654. The minimum atomic E-state index is -2.56. The van der Waals surface area contributed by atoms with E-state index in [0.717, 1.165) is 18.2 Å². The minimum absolute atomic E-state index is 0.00507. The molecule has 1 aromatic carbocycles. The van der Waals surface area contributed by atoms with E-state index < -0.39 is 6.43 Å². The highest BCUT2D eigenvalue weighted by Gasteiger charge is 2.21. The molecule has 0 aliphatic carbocycles. The number of aromatic nitrogens is 2. The highest BCUT2D eigenvalue weighted by atomic mass is 19.3. The van der Waals surface area contributed by atoms with Crippen molar-refractivity contribution >= 4 is 5.91 Å². The van der Waals surface area contributed by atoms with Crippen LogP contribution in [0.25, 0.3) is 0 Å². The SMILES string of the molecule is O=C(Cn1cc(C(F)F)cn1)N1CCc2ccccc2C1. The summed E-state index contributed by atoms with van der Waals surface area (Å²) < 4.78 is 26.2. The van der Waals surface area contributed by atoms with Crippen molar-refractivity contribution in [3.8, 4) is 0 Å². The van der Waals surface area contributed by atoms with Gasteiger partial charge in [0.25, 0.3) is 6.43 Å². The third kappa shape index (κ3) is 2.94. The molecule has 4 nitrogen and oxygen atoms in total. The summed E-state index contributed by atoms with van der Waals surface area (Å²) in [6, 6.07) is 8.03. The molecule has 1 amide bonds. The van der Waals surface area contributed by atoms with Crippen LogP contribution in [-0.4, -0.2) is 27.1 Å². The van der Waals surface area contributed by atoms with Crippen LogP contribution >= 0.6 is 0 Å². The molecule has 2 heterocycles. The van der Waals surface area contributed by atoms with E-state index in [1.54, 1.807) is 4.90 Å². The molecular weight excluding hydrogens is 276 g/mol. The van der Waals surface area contributed by atoms with Gasteiger partial charge >= 0.3 is 0 Å². The van der Waals surface area contributed by atoms with Gasteiger partial charge in [-0.05, 0) is 17.5 Å². The lowest BCUT2D eigenvalue weighted by Gasteiger charge is -2.28. The second-order valence-electron chi connectivity index (χ2n) is 5.11. The third-order valence-electron chi connectivity index (χ3n) is 3.69. The van der Waals surface area contributed by atoms with Crippen LogP contribution in [0.15, 0.2) is 36.7 Å². The standard InChI is InChI=1S/C15H15F2N3O/c16-15(17)13-7-18-20(9-13)10-14(21)19-6-5-11-3-1-2-4-12(11)8-19/h1-4,7,9,15H,5-6,8,10H2. The van der Waals surface area contributed by atoms with Gasteiger partial charge in [-0.3, -0.25) is 9.48 Å². The van der Waals surface area contributed by atoms with E-state index in [4.69, 9.17) is 0 Å². The van der Waals surface area contributed by atoms with Gasteiger partial charge in [-0.25, -0.2) is 8.78 Å².